The van der Waals surface area contributed by atoms with Crippen LogP contribution in [-0.4, -0.2) is 6.04 Å². The molecule has 1 nitrogen and oxygen atoms in total. The summed E-state index contributed by atoms with van der Waals surface area (Å²) in [5.74, 6) is -0.201. The number of hydrogen-bond donors (Lipinski definition) is 1. The highest BCUT2D eigenvalue weighted by molar-refractivity contribution is 9.10. The van der Waals surface area contributed by atoms with Gasteiger partial charge >= 0.3 is 0 Å². The van der Waals surface area contributed by atoms with Crippen molar-refractivity contribution in [3.8, 4) is 0 Å². The van der Waals surface area contributed by atoms with Crippen LogP contribution in [0, 0.1) is 5.82 Å². The van der Waals surface area contributed by atoms with E-state index in [0.29, 0.717) is 10.5 Å². The molecule has 1 N–H and O–H groups in total. The van der Waals surface area contributed by atoms with Crippen LogP contribution in [0.25, 0.3) is 0 Å². The number of benzene rings is 1. The zero-order valence-corrected chi connectivity index (χ0v) is 11.6. The van der Waals surface area contributed by atoms with Crippen molar-refractivity contribution in [3.05, 3.63) is 28.5 Å². The topological polar surface area (TPSA) is 12.0 Å². The monoisotopic (exact) mass is 299 g/mol. The highest BCUT2D eigenvalue weighted by Gasteiger charge is 2.11. The molecule has 0 atom stereocenters. The molecule has 1 aliphatic carbocycles. The summed E-state index contributed by atoms with van der Waals surface area (Å²) in [5, 5.41) is 3.52. The molecule has 3 heteroatoms. The van der Waals surface area contributed by atoms with E-state index in [-0.39, 0.29) is 5.82 Å². The lowest BCUT2D eigenvalue weighted by Gasteiger charge is -2.22. The van der Waals surface area contributed by atoms with Crippen molar-refractivity contribution in [1.82, 2.24) is 0 Å². The van der Waals surface area contributed by atoms with Gasteiger partial charge in [-0.25, -0.2) is 4.39 Å². The zero-order valence-electron chi connectivity index (χ0n) is 10.0. The number of nitrogens with one attached hydrogen (secondary N) is 1. The van der Waals surface area contributed by atoms with E-state index in [1.165, 1.54) is 51.0 Å². The van der Waals surface area contributed by atoms with Crippen molar-refractivity contribution in [1.29, 1.82) is 0 Å². The van der Waals surface area contributed by atoms with E-state index >= 15 is 0 Å². The van der Waals surface area contributed by atoms with E-state index in [4.69, 9.17) is 0 Å². The third-order valence-corrected chi connectivity index (χ3v) is 4.00. The first kappa shape index (κ1) is 12.9. The lowest BCUT2D eigenvalue weighted by Crippen LogP contribution is -2.20. The van der Waals surface area contributed by atoms with Crippen LogP contribution in [0.2, 0.25) is 0 Å². The smallest absolute Gasteiger partial charge is 0.137 e. The molecule has 2 rings (SSSR count). The molecule has 1 aromatic rings. The summed E-state index contributed by atoms with van der Waals surface area (Å²) < 4.78 is 13.7. The predicted octanol–water partition coefficient (Wildman–Crippen LogP) is 5.11. The van der Waals surface area contributed by atoms with Gasteiger partial charge in [-0.1, -0.05) is 32.1 Å². The lowest BCUT2D eigenvalue weighted by molar-refractivity contribution is 0.471. The maximum atomic E-state index is 13.1. The molecule has 17 heavy (non-hydrogen) atoms. The largest absolute Gasteiger partial charge is 0.382 e. The van der Waals surface area contributed by atoms with Crippen LogP contribution in [0.4, 0.5) is 10.1 Å². The summed E-state index contributed by atoms with van der Waals surface area (Å²) in [5.41, 5.74) is 1.02. The number of rotatable bonds is 2. The number of anilines is 1. The molecule has 1 aromatic carbocycles. The van der Waals surface area contributed by atoms with Crippen LogP contribution in [0.1, 0.15) is 44.9 Å². The molecule has 0 aromatic heterocycles. The first-order valence-electron chi connectivity index (χ1n) is 6.47. The van der Waals surface area contributed by atoms with Crippen LogP contribution in [-0.2, 0) is 0 Å². The zero-order chi connectivity index (χ0) is 12.1. The standard InChI is InChI=1S/C14H19BrFN/c15-13-10-12(8-9-14(13)16)17-11-6-4-2-1-3-5-7-11/h8-11,17H,1-7H2. The van der Waals surface area contributed by atoms with Crippen molar-refractivity contribution in [2.75, 3.05) is 5.32 Å². The van der Waals surface area contributed by atoms with Crippen LogP contribution >= 0.6 is 15.9 Å². The Bertz CT molecular complexity index is 359. The summed E-state index contributed by atoms with van der Waals surface area (Å²) in [6.45, 7) is 0. The Morgan fingerprint density at radius 1 is 1.06 bits per heavy atom. The molecule has 1 saturated carbocycles. The maximum Gasteiger partial charge on any atom is 0.137 e. The Labute approximate surface area is 111 Å². The predicted molar refractivity (Wildman–Crippen MR) is 73.8 cm³/mol. The summed E-state index contributed by atoms with van der Waals surface area (Å²) in [4.78, 5) is 0. The maximum absolute atomic E-state index is 13.1. The van der Waals surface area contributed by atoms with Crippen molar-refractivity contribution >= 4 is 21.6 Å². The highest BCUT2D eigenvalue weighted by Crippen LogP contribution is 2.24. The van der Waals surface area contributed by atoms with E-state index in [0.717, 1.165) is 5.69 Å². The molecule has 0 spiro atoms. The SMILES string of the molecule is Fc1ccc(NC2CCCCCCC2)cc1Br. The lowest BCUT2D eigenvalue weighted by atomic mass is 9.96. The van der Waals surface area contributed by atoms with E-state index in [1.807, 2.05) is 12.1 Å². The average Bonchev–Trinajstić information content (AvgIpc) is 2.27. The van der Waals surface area contributed by atoms with Gasteiger partial charge in [-0.2, -0.15) is 0 Å². The summed E-state index contributed by atoms with van der Waals surface area (Å²) >= 11 is 3.22. The first-order chi connectivity index (χ1) is 8.25. The van der Waals surface area contributed by atoms with Gasteiger partial charge in [-0.15, -0.1) is 0 Å². The van der Waals surface area contributed by atoms with Crippen molar-refractivity contribution < 1.29 is 4.39 Å². The molecule has 94 valence electrons. The fraction of sp³-hybridized carbons (Fsp3) is 0.571. The van der Waals surface area contributed by atoms with Crippen LogP contribution in [0.3, 0.4) is 0 Å². The van der Waals surface area contributed by atoms with E-state index in [1.54, 1.807) is 0 Å². The second-order valence-electron chi connectivity index (χ2n) is 4.82. The van der Waals surface area contributed by atoms with Gasteiger partial charge in [0.05, 0.1) is 4.47 Å². The second kappa shape index (κ2) is 6.39. The quantitative estimate of drug-likeness (QED) is 0.800. The minimum absolute atomic E-state index is 0.201. The molecular weight excluding hydrogens is 281 g/mol. The normalized spacial score (nSPS) is 18.5. The molecule has 0 heterocycles. The number of halogens is 2. The molecule has 0 radical (unpaired) electrons. The number of hydrogen-bond acceptors (Lipinski definition) is 1. The first-order valence-corrected chi connectivity index (χ1v) is 7.26. The van der Waals surface area contributed by atoms with Gasteiger partial charge < -0.3 is 5.32 Å². The summed E-state index contributed by atoms with van der Waals surface area (Å²) in [6.07, 6.45) is 9.16. The fourth-order valence-corrected chi connectivity index (χ4v) is 2.80. The summed E-state index contributed by atoms with van der Waals surface area (Å²) in [6, 6.07) is 5.70. The van der Waals surface area contributed by atoms with Crippen molar-refractivity contribution in [3.63, 3.8) is 0 Å². The molecule has 0 amide bonds. The minimum atomic E-state index is -0.201. The second-order valence-corrected chi connectivity index (χ2v) is 5.67. The average molecular weight is 300 g/mol. The van der Waals surface area contributed by atoms with Gasteiger partial charge in [0.1, 0.15) is 5.82 Å². The van der Waals surface area contributed by atoms with E-state index < -0.39 is 0 Å². The van der Waals surface area contributed by atoms with Crippen LogP contribution in [0.5, 0.6) is 0 Å². The van der Waals surface area contributed by atoms with Gasteiger partial charge in [0.2, 0.25) is 0 Å². The Hall–Kier alpha value is -0.570. The Kier molecular flexibility index (Phi) is 4.84. The molecular formula is C14H19BrFN. The third-order valence-electron chi connectivity index (χ3n) is 3.40. The molecule has 0 unspecified atom stereocenters. The Morgan fingerprint density at radius 3 is 2.35 bits per heavy atom. The van der Waals surface area contributed by atoms with E-state index in [2.05, 4.69) is 21.2 Å². The van der Waals surface area contributed by atoms with Crippen LogP contribution in [0.15, 0.2) is 22.7 Å². The van der Waals surface area contributed by atoms with E-state index in [9.17, 15) is 4.39 Å². The summed E-state index contributed by atoms with van der Waals surface area (Å²) in [7, 11) is 0. The van der Waals surface area contributed by atoms with Gasteiger partial charge in [0.15, 0.2) is 0 Å². The third kappa shape index (κ3) is 3.98. The Morgan fingerprint density at radius 2 is 1.71 bits per heavy atom. The van der Waals surface area contributed by atoms with Crippen molar-refractivity contribution in [2.45, 2.75) is 51.0 Å². The molecule has 0 aliphatic heterocycles. The van der Waals surface area contributed by atoms with Gasteiger partial charge in [-0.05, 0) is 47.0 Å². The minimum Gasteiger partial charge on any atom is -0.382 e. The molecule has 1 aliphatic rings. The molecule has 0 bridgehead atoms. The van der Waals surface area contributed by atoms with Crippen molar-refractivity contribution in [2.24, 2.45) is 0 Å². The van der Waals surface area contributed by atoms with Gasteiger partial charge in [0.25, 0.3) is 0 Å². The molecule has 0 saturated heterocycles. The van der Waals surface area contributed by atoms with Gasteiger partial charge in [0, 0.05) is 11.7 Å². The van der Waals surface area contributed by atoms with Crippen LogP contribution < -0.4 is 5.32 Å². The highest BCUT2D eigenvalue weighted by atomic mass is 79.9. The molecule has 1 fully saturated rings. The Balaban J connectivity index is 1.95. The fourth-order valence-electron chi connectivity index (χ4n) is 2.42. The van der Waals surface area contributed by atoms with Gasteiger partial charge in [-0.3, -0.25) is 0 Å².